The van der Waals surface area contributed by atoms with Crippen molar-refractivity contribution in [2.24, 2.45) is 0 Å². The molecule has 17 heavy (non-hydrogen) atoms. The van der Waals surface area contributed by atoms with E-state index in [1.54, 1.807) is 19.1 Å². The molecule has 0 radical (unpaired) electrons. The maximum atomic E-state index is 11.9. The van der Waals surface area contributed by atoms with E-state index in [0.717, 1.165) is 4.90 Å². The van der Waals surface area contributed by atoms with E-state index in [-0.39, 0.29) is 24.7 Å². The molecule has 1 N–H and O–H groups in total. The zero-order valence-electron chi connectivity index (χ0n) is 9.27. The first-order valence-electron chi connectivity index (χ1n) is 5.16. The molecule has 1 aliphatic heterocycles. The summed E-state index contributed by atoms with van der Waals surface area (Å²) >= 11 is 0. The molecule has 0 spiro atoms. The summed E-state index contributed by atoms with van der Waals surface area (Å²) < 4.78 is 4.75. The van der Waals surface area contributed by atoms with Crippen LogP contribution in [0.25, 0.3) is 0 Å². The fraction of sp³-hybridized carbons (Fsp3) is 0.273. The van der Waals surface area contributed by atoms with Crippen LogP contribution < -0.4 is 0 Å². The first-order chi connectivity index (χ1) is 8.15. The Morgan fingerprint density at radius 1 is 1.59 bits per heavy atom. The van der Waals surface area contributed by atoms with Crippen LogP contribution in [0, 0.1) is 5.41 Å². The molecule has 0 fully saturated rings. The number of esters is 1. The standard InChI is InChI=1S/C11H11N3O3/c1-2-17-8(15)6-14-10(12)7-4-3-5-13-9(7)11(14)16/h3-5,12H,2,6H2,1H3. The average molecular weight is 233 g/mol. The second kappa shape index (κ2) is 4.32. The van der Waals surface area contributed by atoms with Crippen molar-refractivity contribution in [3.05, 3.63) is 29.6 Å². The second-order valence-corrected chi connectivity index (χ2v) is 3.44. The lowest BCUT2D eigenvalue weighted by molar-refractivity contribution is -0.143. The second-order valence-electron chi connectivity index (χ2n) is 3.44. The van der Waals surface area contributed by atoms with Crippen LogP contribution in [0.15, 0.2) is 18.3 Å². The largest absolute Gasteiger partial charge is 0.465 e. The predicted octanol–water partition coefficient (Wildman–Crippen LogP) is 0.426. The van der Waals surface area contributed by atoms with Gasteiger partial charge >= 0.3 is 5.97 Å². The number of fused-ring (bicyclic) bond motifs is 1. The van der Waals surface area contributed by atoms with Crippen LogP contribution in [0.1, 0.15) is 23.0 Å². The number of ether oxygens (including phenoxy) is 1. The molecule has 0 aromatic carbocycles. The van der Waals surface area contributed by atoms with Crippen molar-refractivity contribution in [3.8, 4) is 0 Å². The number of nitrogens with zero attached hydrogens (tertiary/aromatic N) is 2. The Morgan fingerprint density at radius 3 is 3.00 bits per heavy atom. The highest BCUT2D eigenvalue weighted by molar-refractivity contribution is 6.22. The van der Waals surface area contributed by atoms with Crippen molar-refractivity contribution in [2.75, 3.05) is 13.2 Å². The van der Waals surface area contributed by atoms with Gasteiger partial charge in [0.25, 0.3) is 5.91 Å². The Bertz CT molecular complexity index is 463. The first-order valence-corrected chi connectivity index (χ1v) is 5.16. The zero-order valence-corrected chi connectivity index (χ0v) is 9.27. The summed E-state index contributed by atoms with van der Waals surface area (Å²) in [6.07, 6.45) is 1.48. The summed E-state index contributed by atoms with van der Waals surface area (Å²) in [4.78, 5) is 28.1. The molecular formula is C11H11N3O3. The van der Waals surface area contributed by atoms with Crippen molar-refractivity contribution < 1.29 is 14.3 Å². The molecule has 88 valence electrons. The summed E-state index contributed by atoms with van der Waals surface area (Å²) in [5, 5.41) is 7.80. The number of pyridine rings is 1. The number of hydrogen-bond acceptors (Lipinski definition) is 5. The van der Waals surface area contributed by atoms with Crippen molar-refractivity contribution in [1.82, 2.24) is 9.88 Å². The van der Waals surface area contributed by atoms with Gasteiger partial charge in [-0.15, -0.1) is 0 Å². The van der Waals surface area contributed by atoms with Gasteiger partial charge in [0, 0.05) is 11.8 Å². The third kappa shape index (κ3) is 1.89. The van der Waals surface area contributed by atoms with Crippen molar-refractivity contribution in [3.63, 3.8) is 0 Å². The van der Waals surface area contributed by atoms with Crippen LogP contribution in [-0.2, 0) is 9.53 Å². The molecule has 1 amide bonds. The number of rotatable bonds is 3. The number of aromatic nitrogens is 1. The molecule has 6 nitrogen and oxygen atoms in total. The lowest BCUT2D eigenvalue weighted by Gasteiger charge is -2.13. The summed E-state index contributed by atoms with van der Waals surface area (Å²) in [5.74, 6) is -0.969. The van der Waals surface area contributed by atoms with E-state index in [9.17, 15) is 9.59 Å². The van der Waals surface area contributed by atoms with Gasteiger partial charge in [0.05, 0.1) is 6.61 Å². The van der Waals surface area contributed by atoms with Crippen LogP contribution in [0.2, 0.25) is 0 Å². The van der Waals surface area contributed by atoms with Crippen LogP contribution in [0.3, 0.4) is 0 Å². The zero-order chi connectivity index (χ0) is 12.4. The number of nitrogens with one attached hydrogen (secondary N) is 1. The normalized spacial score (nSPS) is 13.8. The molecule has 2 rings (SSSR count). The smallest absolute Gasteiger partial charge is 0.326 e. The fourth-order valence-electron chi connectivity index (χ4n) is 1.63. The van der Waals surface area contributed by atoms with E-state index < -0.39 is 11.9 Å². The number of carbonyl (C=O) groups excluding carboxylic acids is 2. The van der Waals surface area contributed by atoms with Crippen molar-refractivity contribution in [2.45, 2.75) is 6.92 Å². The molecule has 0 bridgehead atoms. The maximum Gasteiger partial charge on any atom is 0.326 e. The molecule has 1 aliphatic rings. The molecule has 1 aromatic heterocycles. The van der Waals surface area contributed by atoms with Gasteiger partial charge in [-0.3, -0.25) is 24.9 Å². The van der Waals surface area contributed by atoms with Gasteiger partial charge in [-0.2, -0.15) is 0 Å². The predicted molar refractivity (Wildman–Crippen MR) is 58.7 cm³/mol. The third-order valence-corrected chi connectivity index (χ3v) is 2.37. The Labute approximate surface area is 97.7 Å². The maximum absolute atomic E-state index is 11.9. The monoisotopic (exact) mass is 233 g/mol. The molecular weight excluding hydrogens is 222 g/mol. The van der Waals surface area contributed by atoms with Gasteiger partial charge in [-0.25, -0.2) is 0 Å². The van der Waals surface area contributed by atoms with E-state index in [1.807, 2.05) is 0 Å². The van der Waals surface area contributed by atoms with E-state index in [1.165, 1.54) is 6.20 Å². The minimum Gasteiger partial charge on any atom is -0.465 e. The highest BCUT2D eigenvalue weighted by Gasteiger charge is 2.35. The molecule has 0 aliphatic carbocycles. The number of hydrogen-bond donors (Lipinski definition) is 1. The van der Waals surface area contributed by atoms with Gasteiger partial charge in [-0.1, -0.05) is 0 Å². The van der Waals surface area contributed by atoms with Crippen LogP contribution >= 0.6 is 0 Å². The first kappa shape index (κ1) is 11.3. The van der Waals surface area contributed by atoms with Crippen molar-refractivity contribution >= 4 is 17.7 Å². The molecule has 1 aromatic rings. The molecule has 0 saturated heterocycles. The van der Waals surface area contributed by atoms with Gasteiger partial charge in [0.2, 0.25) is 0 Å². The van der Waals surface area contributed by atoms with E-state index in [2.05, 4.69) is 4.98 Å². The summed E-state index contributed by atoms with van der Waals surface area (Å²) in [6.45, 7) is 1.69. The van der Waals surface area contributed by atoms with Gasteiger partial charge in [-0.05, 0) is 19.1 Å². The highest BCUT2D eigenvalue weighted by atomic mass is 16.5. The fourth-order valence-corrected chi connectivity index (χ4v) is 1.63. The molecule has 6 heteroatoms. The number of carbonyl (C=O) groups is 2. The topological polar surface area (TPSA) is 83.3 Å². The van der Waals surface area contributed by atoms with E-state index >= 15 is 0 Å². The van der Waals surface area contributed by atoms with Gasteiger partial charge in [0.15, 0.2) is 0 Å². The van der Waals surface area contributed by atoms with Crippen LogP contribution in [0.4, 0.5) is 0 Å². The lowest BCUT2D eigenvalue weighted by Crippen LogP contribution is -2.35. The Hall–Kier alpha value is -2.24. The van der Waals surface area contributed by atoms with Crippen LogP contribution in [0.5, 0.6) is 0 Å². The molecule has 0 unspecified atom stereocenters. The lowest BCUT2D eigenvalue weighted by atomic mass is 10.2. The summed E-state index contributed by atoms with van der Waals surface area (Å²) in [7, 11) is 0. The summed E-state index contributed by atoms with van der Waals surface area (Å²) in [5.41, 5.74) is 0.656. The number of amidine groups is 1. The Balaban J connectivity index is 2.22. The van der Waals surface area contributed by atoms with E-state index in [4.69, 9.17) is 10.1 Å². The van der Waals surface area contributed by atoms with Crippen LogP contribution in [-0.4, -0.2) is 40.7 Å². The van der Waals surface area contributed by atoms with E-state index in [0.29, 0.717) is 5.56 Å². The highest BCUT2D eigenvalue weighted by Crippen LogP contribution is 2.19. The molecule has 2 heterocycles. The average Bonchev–Trinajstić information content (AvgIpc) is 2.56. The minimum atomic E-state index is -0.529. The van der Waals surface area contributed by atoms with Gasteiger partial charge in [0.1, 0.15) is 18.1 Å². The summed E-state index contributed by atoms with van der Waals surface area (Å²) in [6, 6.07) is 3.28. The Morgan fingerprint density at radius 2 is 2.35 bits per heavy atom. The number of amides is 1. The van der Waals surface area contributed by atoms with Crippen molar-refractivity contribution in [1.29, 1.82) is 5.41 Å². The molecule has 0 saturated carbocycles. The minimum absolute atomic E-state index is 0.00819. The third-order valence-electron chi connectivity index (χ3n) is 2.37. The quantitative estimate of drug-likeness (QED) is 0.767. The molecule has 0 atom stereocenters. The Kier molecular flexibility index (Phi) is 2.86. The SMILES string of the molecule is CCOC(=O)CN1C(=N)c2cccnc2C1=O. The van der Waals surface area contributed by atoms with Gasteiger partial charge < -0.3 is 4.74 Å².